The molecule has 0 saturated carbocycles. The molecule has 1 aliphatic rings. The highest BCUT2D eigenvalue weighted by atomic mass is 16.2. The minimum absolute atomic E-state index is 0.200. The molecule has 17 heavy (non-hydrogen) atoms. The van der Waals surface area contributed by atoms with Crippen LogP contribution in [0.4, 0.5) is 0 Å². The van der Waals surface area contributed by atoms with E-state index < -0.39 is 0 Å². The van der Waals surface area contributed by atoms with E-state index in [0.717, 1.165) is 19.6 Å². The van der Waals surface area contributed by atoms with Crippen LogP contribution in [0.15, 0.2) is 0 Å². The smallest absolute Gasteiger partial charge is 0.228 e. The maximum Gasteiger partial charge on any atom is 0.228 e. The molecule has 1 heterocycles. The van der Waals surface area contributed by atoms with Gasteiger partial charge in [0, 0.05) is 36.6 Å². The summed E-state index contributed by atoms with van der Waals surface area (Å²) >= 11 is 0. The van der Waals surface area contributed by atoms with Gasteiger partial charge in [-0.15, -0.1) is 0 Å². The van der Waals surface area contributed by atoms with E-state index >= 15 is 0 Å². The third-order valence-electron chi connectivity index (χ3n) is 3.48. The zero-order valence-corrected chi connectivity index (χ0v) is 12.5. The van der Waals surface area contributed by atoms with Crippen LogP contribution in [-0.4, -0.2) is 46.9 Å². The van der Waals surface area contributed by atoms with Gasteiger partial charge in [0.05, 0.1) is 0 Å². The number of nitrogens with zero attached hydrogens (tertiary/aromatic N) is 2. The summed E-state index contributed by atoms with van der Waals surface area (Å²) in [5, 5.41) is 0. The van der Waals surface area contributed by atoms with E-state index in [0.29, 0.717) is 6.04 Å². The molecule has 0 aromatic rings. The summed E-state index contributed by atoms with van der Waals surface area (Å²) in [5.41, 5.74) is -0.0662. The monoisotopic (exact) mass is 240 g/mol. The Morgan fingerprint density at radius 1 is 1.06 bits per heavy atom. The average molecular weight is 240 g/mol. The van der Waals surface area contributed by atoms with Crippen LogP contribution < -0.4 is 0 Å². The Morgan fingerprint density at radius 2 is 1.59 bits per heavy atom. The molecular weight excluding hydrogens is 212 g/mol. The second-order valence-electron chi connectivity index (χ2n) is 7.21. The zero-order valence-electron chi connectivity index (χ0n) is 12.5. The van der Waals surface area contributed by atoms with Gasteiger partial charge in [-0.1, -0.05) is 20.8 Å². The number of hydrogen-bond acceptors (Lipinski definition) is 2. The molecule has 1 rings (SSSR count). The fourth-order valence-electron chi connectivity index (χ4n) is 2.30. The molecule has 0 bridgehead atoms. The number of carbonyl (C=O) groups excluding carboxylic acids is 1. The van der Waals surface area contributed by atoms with Crippen LogP contribution in [0.1, 0.15) is 48.5 Å². The van der Waals surface area contributed by atoms with E-state index in [1.807, 2.05) is 25.7 Å². The SMILES string of the molecule is C[C@@H]1CN(C(C)(C)C)CCN1C(=O)C(C)(C)C. The van der Waals surface area contributed by atoms with Crippen LogP contribution in [0.2, 0.25) is 0 Å². The van der Waals surface area contributed by atoms with Crippen molar-refractivity contribution in [3.05, 3.63) is 0 Å². The molecule has 0 unspecified atom stereocenters. The summed E-state index contributed by atoms with van der Waals surface area (Å²) in [4.78, 5) is 16.8. The Hall–Kier alpha value is -0.570. The van der Waals surface area contributed by atoms with Crippen molar-refractivity contribution >= 4 is 5.91 Å². The number of piperazine rings is 1. The first-order valence-corrected chi connectivity index (χ1v) is 6.59. The fraction of sp³-hybridized carbons (Fsp3) is 0.929. The van der Waals surface area contributed by atoms with Gasteiger partial charge >= 0.3 is 0 Å². The van der Waals surface area contributed by atoms with Gasteiger partial charge in [-0.3, -0.25) is 9.69 Å². The van der Waals surface area contributed by atoms with E-state index in [9.17, 15) is 4.79 Å². The van der Waals surface area contributed by atoms with Crippen LogP contribution >= 0.6 is 0 Å². The van der Waals surface area contributed by atoms with E-state index in [1.54, 1.807) is 0 Å². The standard InChI is InChI=1S/C14H28N2O/c1-11-10-15(14(5,6)7)8-9-16(11)12(17)13(2,3)4/h11H,8-10H2,1-7H3/t11-/m1/s1. The van der Waals surface area contributed by atoms with Crippen molar-refractivity contribution < 1.29 is 4.79 Å². The van der Waals surface area contributed by atoms with Gasteiger partial charge in [-0.05, 0) is 27.7 Å². The summed E-state index contributed by atoms with van der Waals surface area (Å²) < 4.78 is 0. The van der Waals surface area contributed by atoms with Crippen LogP contribution in [-0.2, 0) is 4.79 Å². The first-order valence-electron chi connectivity index (χ1n) is 6.59. The second-order valence-corrected chi connectivity index (χ2v) is 7.21. The minimum Gasteiger partial charge on any atom is -0.337 e. The van der Waals surface area contributed by atoms with Crippen LogP contribution in [0.3, 0.4) is 0 Å². The maximum absolute atomic E-state index is 12.3. The lowest BCUT2D eigenvalue weighted by Crippen LogP contribution is -2.60. The summed E-state index contributed by atoms with van der Waals surface area (Å²) in [6.07, 6.45) is 0. The highest BCUT2D eigenvalue weighted by Gasteiger charge is 2.36. The van der Waals surface area contributed by atoms with E-state index in [1.165, 1.54) is 0 Å². The van der Waals surface area contributed by atoms with Crippen LogP contribution in [0, 0.1) is 5.41 Å². The molecular formula is C14H28N2O. The van der Waals surface area contributed by atoms with Crippen LogP contribution in [0.25, 0.3) is 0 Å². The quantitative estimate of drug-likeness (QED) is 0.649. The molecule has 0 aromatic carbocycles. The molecule has 0 aromatic heterocycles. The summed E-state index contributed by atoms with van der Waals surface area (Å²) in [6, 6.07) is 0.315. The van der Waals surface area contributed by atoms with Gasteiger partial charge in [-0.25, -0.2) is 0 Å². The van der Waals surface area contributed by atoms with E-state index in [4.69, 9.17) is 0 Å². The topological polar surface area (TPSA) is 23.6 Å². The highest BCUT2D eigenvalue weighted by molar-refractivity contribution is 5.81. The molecule has 100 valence electrons. The van der Waals surface area contributed by atoms with Gasteiger partial charge in [0.1, 0.15) is 0 Å². The third kappa shape index (κ3) is 3.44. The Bertz CT molecular complexity index is 286. The lowest BCUT2D eigenvalue weighted by atomic mass is 9.93. The normalized spacial score (nSPS) is 23.9. The van der Waals surface area contributed by atoms with Crippen molar-refractivity contribution in [2.45, 2.75) is 60.0 Å². The molecule has 3 heteroatoms. The first-order chi connectivity index (χ1) is 7.53. The van der Waals surface area contributed by atoms with Crippen molar-refractivity contribution in [2.75, 3.05) is 19.6 Å². The fourth-order valence-corrected chi connectivity index (χ4v) is 2.30. The molecule has 1 atom stereocenters. The van der Waals surface area contributed by atoms with Crippen molar-refractivity contribution in [3.63, 3.8) is 0 Å². The number of amides is 1. The van der Waals surface area contributed by atoms with Gasteiger partial charge in [0.15, 0.2) is 0 Å². The Kier molecular flexibility index (Phi) is 3.92. The lowest BCUT2D eigenvalue weighted by Gasteiger charge is -2.47. The number of carbonyl (C=O) groups is 1. The van der Waals surface area contributed by atoms with E-state index in [-0.39, 0.29) is 16.9 Å². The average Bonchev–Trinajstić information content (AvgIpc) is 2.13. The van der Waals surface area contributed by atoms with Gasteiger partial charge < -0.3 is 4.90 Å². The predicted octanol–water partition coefficient (Wildman–Crippen LogP) is 2.36. The van der Waals surface area contributed by atoms with Crippen molar-refractivity contribution in [1.29, 1.82) is 0 Å². The second kappa shape index (κ2) is 4.60. The number of rotatable bonds is 0. The molecule has 1 saturated heterocycles. The summed E-state index contributed by atoms with van der Waals surface area (Å²) in [6.45, 7) is 17.7. The molecule has 1 fully saturated rings. The molecule has 3 nitrogen and oxygen atoms in total. The van der Waals surface area contributed by atoms with Crippen molar-refractivity contribution in [1.82, 2.24) is 9.80 Å². The molecule has 1 aliphatic heterocycles. The molecule has 0 aliphatic carbocycles. The van der Waals surface area contributed by atoms with E-state index in [2.05, 4.69) is 32.6 Å². The third-order valence-corrected chi connectivity index (χ3v) is 3.48. The molecule has 0 radical (unpaired) electrons. The zero-order chi connectivity index (χ0) is 13.4. The Labute approximate surface area is 106 Å². The minimum atomic E-state index is -0.266. The first kappa shape index (κ1) is 14.5. The summed E-state index contributed by atoms with van der Waals surface area (Å²) in [5.74, 6) is 0.276. The molecule has 1 amide bonds. The van der Waals surface area contributed by atoms with Gasteiger partial charge in [0.2, 0.25) is 5.91 Å². The maximum atomic E-state index is 12.3. The molecule has 0 spiro atoms. The largest absolute Gasteiger partial charge is 0.337 e. The van der Waals surface area contributed by atoms with Crippen molar-refractivity contribution in [3.8, 4) is 0 Å². The van der Waals surface area contributed by atoms with Gasteiger partial charge in [0.25, 0.3) is 0 Å². The Balaban J connectivity index is 2.70. The number of hydrogen-bond donors (Lipinski definition) is 0. The lowest BCUT2D eigenvalue weighted by molar-refractivity contribution is -0.145. The Morgan fingerprint density at radius 3 is 1.94 bits per heavy atom. The predicted molar refractivity (Wildman–Crippen MR) is 72.0 cm³/mol. The van der Waals surface area contributed by atoms with Gasteiger partial charge in [-0.2, -0.15) is 0 Å². The molecule has 0 N–H and O–H groups in total. The van der Waals surface area contributed by atoms with Crippen molar-refractivity contribution in [2.24, 2.45) is 5.41 Å². The summed E-state index contributed by atoms with van der Waals surface area (Å²) in [7, 11) is 0. The van der Waals surface area contributed by atoms with Crippen LogP contribution in [0.5, 0.6) is 0 Å². The highest BCUT2D eigenvalue weighted by Crippen LogP contribution is 2.24.